The molecular formula is C20H24N2O6. The fraction of sp³-hybridized carbons (Fsp3) is 0.350. The van der Waals surface area contributed by atoms with Gasteiger partial charge in [-0.1, -0.05) is 18.2 Å². The number of anilines is 1. The Labute approximate surface area is 163 Å². The number of ether oxygens (including phenoxy) is 3. The van der Waals surface area contributed by atoms with Gasteiger partial charge in [-0.3, -0.25) is 5.32 Å². The number of nitrogens with one attached hydrogen (secondary N) is 2. The fourth-order valence-electron chi connectivity index (χ4n) is 3.21. The van der Waals surface area contributed by atoms with Gasteiger partial charge >= 0.3 is 18.0 Å². The molecule has 0 aliphatic carbocycles. The summed E-state index contributed by atoms with van der Waals surface area (Å²) in [5.41, 5.74) is 2.56. The highest BCUT2D eigenvalue weighted by Gasteiger charge is 2.38. The number of carbonyl (C=O) groups excluding carboxylic acids is 3. The lowest BCUT2D eigenvalue weighted by Gasteiger charge is -2.31. The smallest absolute Gasteiger partial charge is 0.411 e. The zero-order chi connectivity index (χ0) is 20.8. The van der Waals surface area contributed by atoms with Crippen molar-refractivity contribution in [2.45, 2.75) is 26.7 Å². The maximum Gasteiger partial charge on any atom is 0.411 e. The van der Waals surface area contributed by atoms with E-state index in [2.05, 4.69) is 10.6 Å². The molecule has 0 spiro atoms. The van der Waals surface area contributed by atoms with Crippen LogP contribution in [0, 0.1) is 0 Å². The molecule has 0 saturated carbocycles. The van der Waals surface area contributed by atoms with Gasteiger partial charge < -0.3 is 19.5 Å². The topological polar surface area (TPSA) is 103 Å². The van der Waals surface area contributed by atoms with Crippen molar-refractivity contribution >= 4 is 23.7 Å². The summed E-state index contributed by atoms with van der Waals surface area (Å²) < 4.78 is 14.8. The lowest BCUT2D eigenvalue weighted by molar-refractivity contribution is -0.137. The molecule has 0 unspecified atom stereocenters. The third-order valence-corrected chi connectivity index (χ3v) is 4.35. The summed E-state index contributed by atoms with van der Waals surface area (Å²) in [4.78, 5) is 37.1. The maximum atomic E-state index is 12.6. The zero-order valence-corrected chi connectivity index (χ0v) is 16.5. The molecule has 28 heavy (non-hydrogen) atoms. The lowest BCUT2D eigenvalue weighted by atomic mass is 9.79. The second kappa shape index (κ2) is 9.07. The molecule has 0 fully saturated rings. The number of hydrogen-bond acceptors (Lipinski definition) is 7. The quantitative estimate of drug-likeness (QED) is 0.590. The minimum absolute atomic E-state index is 0.209. The largest absolute Gasteiger partial charge is 0.466 e. The van der Waals surface area contributed by atoms with Gasteiger partial charge in [0.15, 0.2) is 0 Å². The molecule has 8 heteroatoms. The molecule has 1 aliphatic heterocycles. The van der Waals surface area contributed by atoms with Crippen molar-refractivity contribution in [1.29, 1.82) is 0 Å². The van der Waals surface area contributed by atoms with Gasteiger partial charge in [0.05, 0.1) is 37.9 Å². The van der Waals surface area contributed by atoms with Crippen molar-refractivity contribution in [3.05, 3.63) is 52.4 Å². The summed E-state index contributed by atoms with van der Waals surface area (Å²) >= 11 is 0. The van der Waals surface area contributed by atoms with Crippen molar-refractivity contribution in [1.82, 2.24) is 5.32 Å². The number of esters is 2. The summed E-state index contributed by atoms with van der Waals surface area (Å²) in [6.45, 7) is 5.35. The minimum Gasteiger partial charge on any atom is -0.466 e. The van der Waals surface area contributed by atoms with E-state index in [1.807, 2.05) is 0 Å². The molecule has 1 heterocycles. The van der Waals surface area contributed by atoms with E-state index in [0.29, 0.717) is 22.6 Å². The molecule has 0 atom stereocenters. The Balaban J connectivity index is 2.68. The molecule has 0 radical (unpaired) electrons. The Morgan fingerprint density at radius 3 is 2.04 bits per heavy atom. The van der Waals surface area contributed by atoms with Crippen LogP contribution in [-0.4, -0.2) is 38.9 Å². The summed E-state index contributed by atoms with van der Waals surface area (Å²) in [5.74, 6) is -1.97. The monoisotopic (exact) mass is 388 g/mol. The number of para-hydroxylation sites is 1. The summed E-state index contributed by atoms with van der Waals surface area (Å²) in [7, 11) is 2.54. The van der Waals surface area contributed by atoms with E-state index in [-0.39, 0.29) is 17.8 Å². The van der Waals surface area contributed by atoms with Crippen LogP contribution in [0.1, 0.15) is 32.3 Å². The van der Waals surface area contributed by atoms with E-state index >= 15 is 0 Å². The van der Waals surface area contributed by atoms with Crippen LogP contribution in [0.25, 0.3) is 0 Å². The van der Waals surface area contributed by atoms with Crippen LogP contribution in [0.15, 0.2) is 46.8 Å². The zero-order valence-electron chi connectivity index (χ0n) is 16.5. The van der Waals surface area contributed by atoms with E-state index in [9.17, 15) is 14.4 Å². The molecule has 0 aromatic heterocycles. The van der Waals surface area contributed by atoms with Gasteiger partial charge in [0.25, 0.3) is 0 Å². The molecule has 1 aromatic rings. The molecule has 2 rings (SSSR count). The number of hydrogen-bond donors (Lipinski definition) is 2. The molecule has 2 N–H and O–H groups in total. The van der Waals surface area contributed by atoms with Crippen LogP contribution < -0.4 is 10.6 Å². The van der Waals surface area contributed by atoms with E-state index < -0.39 is 23.9 Å². The second-order valence-corrected chi connectivity index (χ2v) is 6.05. The van der Waals surface area contributed by atoms with Crippen LogP contribution in [0.2, 0.25) is 0 Å². The van der Waals surface area contributed by atoms with Gasteiger partial charge in [-0.15, -0.1) is 0 Å². The molecule has 0 saturated heterocycles. The van der Waals surface area contributed by atoms with Crippen LogP contribution >= 0.6 is 0 Å². The van der Waals surface area contributed by atoms with Crippen molar-refractivity contribution in [2.75, 3.05) is 26.1 Å². The van der Waals surface area contributed by atoms with Gasteiger partial charge in [-0.25, -0.2) is 14.4 Å². The number of amides is 1. The Hall–Kier alpha value is -3.29. The third kappa shape index (κ3) is 4.16. The third-order valence-electron chi connectivity index (χ3n) is 4.35. The number of carbonyl (C=O) groups is 3. The Bertz CT molecular complexity index is 818. The maximum absolute atomic E-state index is 12.6. The standard InChI is InChI=1S/C20H24N2O6/c1-6-28-20(25)22-14-10-8-7-9-13(14)17-15(18(23)26-4)11(2)21-12(3)16(17)19(24)27-5/h7-10,17,21H,6H2,1-5H3,(H,22,25). The van der Waals surface area contributed by atoms with Crippen LogP contribution in [0.4, 0.5) is 10.5 Å². The van der Waals surface area contributed by atoms with E-state index in [1.165, 1.54) is 14.2 Å². The molecule has 0 bridgehead atoms. The molecule has 1 aliphatic rings. The fourth-order valence-corrected chi connectivity index (χ4v) is 3.21. The summed E-state index contributed by atoms with van der Waals surface area (Å²) in [6, 6.07) is 6.88. The number of methoxy groups -OCH3 is 2. The van der Waals surface area contributed by atoms with Crippen LogP contribution in [0.5, 0.6) is 0 Å². The number of benzene rings is 1. The van der Waals surface area contributed by atoms with Gasteiger partial charge in [0, 0.05) is 17.1 Å². The first-order valence-corrected chi connectivity index (χ1v) is 8.73. The Morgan fingerprint density at radius 1 is 1.00 bits per heavy atom. The van der Waals surface area contributed by atoms with E-state index in [1.54, 1.807) is 45.0 Å². The molecular weight excluding hydrogens is 364 g/mol. The average molecular weight is 388 g/mol. The normalized spacial score (nSPS) is 14.3. The highest BCUT2D eigenvalue weighted by atomic mass is 16.5. The van der Waals surface area contributed by atoms with Crippen LogP contribution in [-0.2, 0) is 23.8 Å². The SMILES string of the molecule is CCOC(=O)Nc1ccccc1C1C(C(=O)OC)=C(C)NC(C)=C1C(=O)OC. The average Bonchev–Trinajstić information content (AvgIpc) is 2.67. The van der Waals surface area contributed by atoms with Crippen molar-refractivity contribution < 1.29 is 28.6 Å². The first-order valence-electron chi connectivity index (χ1n) is 8.73. The molecule has 150 valence electrons. The number of dihydropyridines is 1. The van der Waals surface area contributed by atoms with E-state index in [4.69, 9.17) is 14.2 Å². The Kier molecular flexibility index (Phi) is 6.81. The van der Waals surface area contributed by atoms with Gasteiger partial charge in [-0.05, 0) is 32.4 Å². The number of allylic oxidation sites excluding steroid dienone is 2. The number of rotatable bonds is 5. The molecule has 1 aromatic carbocycles. The van der Waals surface area contributed by atoms with Gasteiger partial charge in [0.2, 0.25) is 0 Å². The van der Waals surface area contributed by atoms with Crippen molar-refractivity contribution in [3.8, 4) is 0 Å². The molecule has 8 nitrogen and oxygen atoms in total. The summed E-state index contributed by atoms with van der Waals surface area (Å²) in [5, 5.41) is 5.70. The second-order valence-electron chi connectivity index (χ2n) is 6.05. The lowest BCUT2D eigenvalue weighted by Crippen LogP contribution is -2.32. The highest BCUT2D eigenvalue weighted by molar-refractivity contribution is 6.00. The van der Waals surface area contributed by atoms with Crippen molar-refractivity contribution in [2.24, 2.45) is 0 Å². The first-order chi connectivity index (χ1) is 13.3. The first kappa shape index (κ1) is 21.0. The van der Waals surface area contributed by atoms with Gasteiger partial charge in [-0.2, -0.15) is 0 Å². The van der Waals surface area contributed by atoms with Crippen molar-refractivity contribution in [3.63, 3.8) is 0 Å². The summed E-state index contributed by atoms with van der Waals surface area (Å²) in [6.07, 6.45) is -0.635. The Morgan fingerprint density at radius 2 is 1.54 bits per heavy atom. The molecule has 1 amide bonds. The highest BCUT2D eigenvalue weighted by Crippen LogP contribution is 2.41. The predicted octanol–water partition coefficient (Wildman–Crippen LogP) is 2.84. The van der Waals surface area contributed by atoms with Crippen LogP contribution in [0.3, 0.4) is 0 Å². The van der Waals surface area contributed by atoms with Gasteiger partial charge in [0.1, 0.15) is 0 Å². The predicted molar refractivity (Wildman–Crippen MR) is 102 cm³/mol. The minimum atomic E-state index is -0.792. The van der Waals surface area contributed by atoms with E-state index in [0.717, 1.165) is 0 Å².